The molecule has 0 radical (unpaired) electrons. The number of non-ortho nitro benzene ring substituents is 1. The number of carbonyl (C=O) groups is 2. The maximum Gasteiger partial charge on any atom is 0.271 e. The van der Waals surface area contributed by atoms with Gasteiger partial charge in [0.1, 0.15) is 0 Å². The van der Waals surface area contributed by atoms with Crippen molar-refractivity contribution in [3.8, 4) is 0 Å². The molecule has 0 unspecified atom stereocenters. The van der Waals surface area contributed by atoms with E-state index in [9.17, 15) is 19.7 Å². The smallest absolute Gasteiger partial charge is 0.271 e. The summed E-state index contributed by atoms with van der Waals surface area (Å²) in [5.74, 6) is -0.656. The molecule has 9 heteroatoms. The first-order valence-electron chi connectivity index (χ1n) is 9.56. The highest BCUT2D eigenvalue weighted by molar-refractivity contribution is 7.99. The van der Waals surface area contributed by atoms with E-state index in [0.29, 0.717) is 16.8 Å². The van der Waals surface area contributed by atoms with Gasteiger partial charge in [-0.2, -0.15) is 5.10 Å². The average Bonchev–Trinajstić information content (AvgIpc) is 2.76. The zero-order valence-electron chi connectivity index (χ0n) is 17.4. The normalized spacial score (nSPS) is 10.7. The first-order valence-corrected chi connectivity index (χ1v) is 10.4. The SMILES string of the molecule is CC(=O)Nc1ccc(C(=O)NN=Cc2cc([N+](=O)[O-])ccc2Sc2ccc(C)cc2)cc1. The van der Waals surface area contributed by atoms with E-state index < -0.39 is 10.8 Å². The minimum absolute atomic E-state index is 0.0698. The first kappa shape index (κ1) is 22.7. The lowest BCUT2D eigenvalue weighted by molar-refractivity contribution is -0.384. The minimum atomic E-state index is -0.479. The molecule has 0 spiro atoms. The molecule has 0 bridgehead atoms. The summed E-state index contributed by atoms with van der Waals surface area (Å²) in [6.07, 6.45) is 1.38. The fraction of sp³-hybridized carbons (Fsp3) is 0.0870. The molecule has 0 aliphatic carbocycles. The van der Waals surface area contributed by atoms with Crippen molar-refractivity contribution >= 4 is 41.2 Å². The highest BCUT2D eigenvalue weighted by Crippen LogP contribution is 2.32. The van der Waals surface area contributed by atoms with E-state index in [1.54, 1.807) is 30.3 Å². The zero-order chi connectivity index (χ0) is 23.1. The summed E-state index contributed by atoms with van der Waals surface area (Å²) < 4.78 is 0. The van der Waals surface area contributed by atoms with Crippen molar-refractivity contribution in [1.82, 2.24) is 5.43 Å². The van der Waals surface area contributed by atoms with Crippen LogP contribution in [0.5, 0.6) is 0 Å². The van der Waals surface area contributed by atoms with Gasteiger partial charge in [0.15, 0.2) is 0 Å². The maximum absolute atomic E-state index is 12.3. The number of hydrogen-bond acceptors (Lipinski definition) is 6. The van der Waals surface area contributed by atoms with Crippen molar-refractivity contribution in [3.05, 3.63) is 93.5 Å². The Balaban J connectivity index is 1.76. The number of hydrogen-bond donors (Lipinski definition) is 2. The van der Waals surface area contributed by atoms with E-state index in [0.717, 1.165) is 15.4 Å². The molecule has 0 aliphatic rings. The number of hydrazone groups is 1. The van der Waals surface area contributed by atoms with Gasteiger partial charge in [-0.05, 0) is 49.4 Å². The summed E-state index contributed by atoms with van der Waals surface area (Å²) >= 11 is 1.44. The summed E-state index contributed by atoms with van der Waals surface area (Å²) in [7, 11) is 0. The molecule has 0 atom stereocenters. The lowest BCUT2D eigenvalue weighted by Crippen LogP contribution is -2.17. The van der Waals surface area contributed by atoms with Crippen LogP contribution in [-0.4, -0.2) is 23.0 Å². The molecular weight excluding hydrogens is 428 g/mol. The Morgan fingerprint density at radius 3 is 2.34 bits per heavy atom. The summed E-state index contributed by atoms with van der Waals surface area (Å²) in [5.41, 5.74) is 4.91. The maximum atomic E-state index is 12.3. The third-order valence-electron chi connectivity index (χ3n) is 4.29. The molecular formula is C23H20N4O4S. The Hall–Kier alpha value is -3.98. The van der Waals surface area contributed by atoms with Crippen LogP contribution in [0.4, 0.5) is 11.4 Å². The van der Waals surface area contributed by atoms with Crippen LogP contribution in [0.25, 0.3) is 0 Å². The molecule has 0 aromatic heterocycles. The summed E-state index contributed by atoms with van der Waals surface area (Å²) in [6.45, 7) is 3.39. The Morgan fingerprint density at radius 1 is 1.03 bits per heavy atom. The van der Waals surface area contributed by atoms with Crippen LogP contribution in [-0.2, 0) is 4.79 Å². The van der Waals surface area contributed by atoms with Crippen molar-refractivity contribution in [2.24, 2.45) is 5.10 Å². The van der Waals surface area contributed by atoms with Gasteiger partial charge in [-0.15, -0.1) is 0 Å². The van der Waals surface area contributed by atoms with Crippen molar-refractivity contribution in [2.75, 3.05) is 5.32 Å². The van der Waals surface area contributed by atoms with Crippen molar-refractivity contribution in [2.45, 2.75) is 23.6 Å². The van der Waals surface area contributed by atoms with Gasteiger partial charge in [-0.3, -0.25) is 19.7 Å². The van der Waals surface area contributed by atoms with Gasteiger partial charge in [0, 0.05) is 45.7 Å². The number of nitro groups is 1. The van der Waals surface area contributed by atoms with Gasteiger partial charge in [-0.25, -0.2) is 5.43 Å². The zero-order valence-corrected chi connectivity index (χ0v) is 18.2. The number of anilines is 1. The molecule has 2 N–H and O–H groups in total. The molecule has 3 aromatic carbocycles. The van der Waals surface area contributed by atoms with Crippen LogP contribution in [0.15, 0.2) is 81.6 Å². The van der Waals surface area contributed by atoms with Crippen molar-refractivity contribution < 1.29 is 14.5 Å². The second-order valence-corrected chi connectivity index (χ2v) is 7.97. The molecule has 32 heavy (non-hydrogen) atoms. The van der Waals surface area contributed by atoms with Crippen molar-refractivity contribution in [3.63, 3.8) is 0 Å². The first-order chi connectivity index (χ1) is 15.3. The Kier molecular flexibility index (Phi) is 7.35. The fourth-order valence-electron chi connectivity index (χ4n) is 2.71. The third-order valence-corrected chi connectivity index (χ3v) is 5.39. The minimum Gasteiger partial charge on any atom is -0.326 e. The standard InChI is InChI=1S/C23H20N4O4S/c1-15-3-10-21(11-4-15)32-22-12-9-20(27(30)31)13-18(22)14-24-26-23(29)17-5-7-19(8-6-17)25-16(2)28/h3-14H,1-2H3,(H,25,28)(H,26,29). The Labute approximate surface area is 188 Å². The lowest BCUT2D eigenvalue weighted by atomic mass is 10.2. The van der Waals surface area contributed by atoms with E-state index in [2.05, 4.69) is 15.8 Å². The van der Waals surface area contributed by atoms with Crippen LogP contribution < -0.4 is 10.7 Å². The lowest BCUT2D eigenvalue weighted by Gasteiger charge is -2.07. The fourth-order valence-corrected chi connectivity index (χ4v) is 3.60. The third kappa shape index (κ3) is 6.26. The molecule has 8 nitrogen and oxygen atoms in total. The number of benzene rings is 3. The van der Waals surface area contributed by atoms with Crippen LogP contribution >= 0.6 is 11.8 Å². The van der Waals surface area contributed by atoms with E-state index in [1.165, 1.54) is 37.0 Å². The van der Waals surface area contributed by atoms with Gasteiger partial charge >= 0.3 is 0 Å². The van der Waals surface area contributed by atoms with Gasteiger partial charge in [0.2, 0.25) is 5.91 Å². The van der Waals surface area contributed by atoms with Crippen LogP contribution in [0.2, 0.25) is 0 Å². The topological polar surface area (TPSA) is 114 Å². The molecule has 162 valence electrons. The number of nitro benzene ring substituents is 1. The predicted molar refractivity (Wildman–Crippen MR) is 124 cm³/mol. The summed E-state index contributed by atoms with van der Waals surface area (Å²) in [6, 6.07) is 18.7. The quantitative estimate of drug-likeness (QED) is 0.307. The summed E-state index contributed by atoms with van der Waals surface area (Å²) in [5, 5.41) is 17.8. The predicted octanol–water partition coefficient (Wildman–Crippen LogP) is 4.78. The molecule has 3 rings (SSSR count). The van der Waals surface area contributed by atoms with E-state index in [1.807, 2.05) is 31.2 Å². The summed E-state index contributed by atoms with van der Waals surface area (Å²) in [4.78, 5) is 35.8. The van der Waals surface area contributed by atoms with Gasteiger partial charge in [0.05, 0.1) is 11.1 Å². The molecule has 0 heterocycles. The highest BCUT2D eigenvalue weighted by atomic mass is 32.2. The van der Waals surface area contributed by atoms with Crippen molar-refractivity contribution in [1.29, 1.82) is 0 Å². The van der Waals surface area contributed by atoms with Crippen LogP contribution in [0, 0.1) is 17.0 Å². The Bertz CT molecular complexity index is 1180. The van der Waals surface area contributed by atoms with Gasteiger partial charge in [0.25, 0.3) is 11.6 Å². The van der Waals surface area contributed by atoms with E-state index in [4.69, 9.17) is 0 Å². The van der Waals surface area contributed by atoms with Crippen LogP contribution in [0.3, 0.4) is 0 Å². The number of nitrogens with one attached hydrogen (secondary N) is 2. The number of aryl methyl sites for hydroxylation is 1. The molecule has 0 saturated heterocycles. The molecule has 0 saturated carbocycles. The monoisotopic (exact) mass is 448 g/mol. The van der Waals surface area contributed by atoms with E-state index in [-0.39, 0.29) is 11.6 Å². The van der Waals surface area contributed by atoms with Crippen LogP contribution in [0.1, 0.15) is 28.4 Å². The Morgan fingerprint density at radius 2 is 1.72 bits per heavy atom. The van der Waals surface area contributed by atoms with Gasteiger partial charge in [-0.1, -0.05) is 29.5 Å². The number of amides is 2. The average molecular weight is 449 g/mol. The second-order valence-electron chi connectivity index (χ2n) is 6.85. The molecule has 0 fully saturated rings. The largest absolute Gasteiger partial charge is 0.326 e. The number of nitrogens with zero attached hydrogens (tertiary/aromatic N) is 2. The van der Waals surface area contributed by atoms with Gasteiger partial charge < -0.3 is 5.32 Å². The number of rotatable bonds is 7. The molecule has 0 aliphatic heterocycles. The molecule has 2 amide bonds. The highest BCUT2D eigenvalue weighted by Gasteiger charge is 2.11. The van der Waals surface area contributed by atoms with E-state index >= 15 is 0 Å². The number of carbonyl (C=O) groups excluding carboxylic acids is 2. The second kappa shape index (κ2) is 10.4. The molecule has 3 aromatic rings.